The second-order valence-electron chi connectivity index (χ2n) is 4.69. The van der Waals surface area contributed by atoms with Crippen molar-refractivity contribution < 1.29 is 13.5 Å². The second kappa shape index (κ2) is 7.23. The highest BCUT2D eigenvalue weighted by Gasteiger charge is 2.26. The Hall–Kier alpha value is -1.42. The van der Waals surface area contributed by atoms with Gasteiger partial charge >= 0.3 is 0 Å². The minimum Gasteiger partial charge on any atom is -0.395 e. The average molecular weight is 342 g/mol. The molecule has 0 fully saturated rings. The topological polar surface area (TPSA) is 97.1 Å². The van der Waals surface area contributed by atoms with Gasteiger partial charge in [0.1, 0.15) is 0 Å². The summed E-state index contributed by atoms with van der Waals surface area (Å²) in [6.45, 7) is 1.60. The van der Waals surface area contributed by atoms with E-state index in [0.29, 0.717) is 5.69 Å². The van der Waals surface area contributed by atoms with Crippen molar-refractivity contribution in [2.75, 3.05) is 12.9 Å². The molecule has 2 unspecified atom stereocenters. The van der Waals surface area contributed by atoms with Gasteiger partial charge in [0.2, 0.25) is 0 Å². The molecule has 0 aliphatic rings. The van der Waals surface area contributed by atoms with Crippen LogP contribution in [0.15, 0.2) is 41.6 Å². The Balaban J connectivity index is 2.30. The summed E-state index contributed by atoms with van der Waals surface area (Å²) in [4.78, 5) is 0. The van der Waals surface area contributed by atoms with Crippen molar-refractivity contribution in [1.29, 1.82) is 0 Å². The molecule has 0 saturated carbocycles. The van der Waals surface area contributed by atoms with Crippen LogP contribution in [-0.4, -0.2) is 52.7 Å². The summed E-state index contributed by atoms with van der Waals surface area (Å²) in [5, 5.41) is 16.5. The highest BCUT2D eigenvalue weighted by atomic mass is 32.2. The molecule has 9 heteroatoms. The molecule has 0 spiro atoms. The number of aliphatic hydroxyl groups is 1. The zero-order valence-electron chi connectivity index (χ0n) is 12.2. The summed E-state index contributed by atoms with van der Waals surface area (Å²) in [6, 6.07) is 8.48. The molecule has 0 saturated heterocycles. The molecule has 2 atom stereocenters. The van der Waals surface area contributed by atoms with Gasteiger partial charge in [-0.1, -0.05) is 23.4 Å². The van der Waals surface area contributed by atoms with E-state index < -0.39 is 16.1 Å². The van der Waals surface area contributed by atoms with E-state index in [0.717, 1.165) is 0 Å². The Bertz CT molecular complexity index is 699. The standard InChI is InChI=1S/C13H18N4O3S2/c1-10(12(9-18)21-2)15-22(19,20)13-8-14-16-17(13)11-6-4-3-5-7-11/h3-8,10,12,15,18H,9H2,1-2H3. The minimum atomic E-state index is -3.80. The smallest absolute Gasteiger partial charge is 0.260 e. The molecular weight excluding hydrogens is 324 g/mol. The van der Waals surface area contributed by atoms with Gasteiger partial charge in [0.05, 0.1) is 18.5 Å². The highest BCUT2D eigenvalue weighted by molar-refractivity contribution is 7.99. The van der Waals surface area contributed by atoms with Crippen LogP contribution in [-0.2, 0) is 10.0 Å². The third-order valence-corrected chi connectivity index (χ3v) is 5.85. The number of hydrogen-bond acceptors (Lipinski definition) is 6. The van der Waals surface area contributed by atoms with Crippen LogP contribution in [0.4, 0.5) is 0 Å². The van der Waals surface area contributed by atoms with Gasteiger partial charge in [0.25, 0.3) is 10.0 Å². The summed E-state index contributed by atoms with van der Waals surface area (Å²) >= 11 is 1.40. The average Bonchev–Trinajstić information content (AvgIpc) is 2.99. The predicted molar refractivity (Wildman–Crippen MR) is 85.5 cm³/mol. The zero-order chi connectivity index (χ0) is 16.2. The minimum absolute atomic E-state index is 0.0386. The van der Waals surface area contributed by atoms with E-state index >= 15 is 0 Å². The number of nitrogens with zero attached hydrogens (tertiary/aromatic N) is 3. The maximum atomic E-state index is 12.5. The SMILES string of the molecule is CSC(CO)C(C)NS(=O)(=O)c1cnnn1-c1ccccc1. The number of para-hydroxylation sites is 1. The lowest BCUT2D eigenvalue weighted by molar-refractivity contribution is 0.282. The third kappa shape index (κ3) is 3.67. The van der Waals surface area contributed by atoms with E-state index in [9.17, 15) is 13.5 Å². The molecule has 1 heterocycles. The number of rotatable bonds is 7. The number of aliphatic hydroxyl groups excluding tert-OH is 1. The Morgan fingerprint density at radius 1 is 1.36 bits per heavy atom. The van der Waals surface area contributed by atoms with Crippen molar-refractivity contribution in [1.82, 2.24) is 19.7 Å². The molecule has 2 N–H and O–H groups in total. The number of thioether (sulfide) groups is 1. The summed E-state index contributed by atoms with van der Waals surface area (Å²) in [5.41, 5.74) is 0.608. The Kier molecular flexibility index (Phi) is 5.57. The third-order valence-electron chi connectivity index (χ3n) is 3.18. The first-order valence-corrected chi connectivity index (χ1v) is 9.39. The molecule has 1 aromatic heterocycles. The zero-order valence-corrected chi connectivity index (χ0v) is 13.9. The van der Waals surface area contributed by atoms with E-state index in [4.69, 9.17) is 0 Å². The van der Waals surface area contributed by atoms with Gasteiger partial charge in [0.15, 0.2) is 5.03 Å². The first kappa shape index (κ1) is 16.9. The van der Waals surface area contributed by atoms with Crippen molar-refractivity contribution >= 4 is 21.8 Å². The fraction of sp³-hybridized carbons (Fsp3) is 0.385. The van der Waals surface area contributed by atoms with E-state index in [-0.39, 0.29) is 16.9 Å². The van der Waals surface area contributed by atoms with Gasteiger partial charge in [-0.3, -0.25) is 0 Å². The monoisotopic (exact) mass is 342 g/mol. The fourth-order valence-electron chi connectivity index (χ4n) is 1.97. The molecule has 0 aliphatic heterocycles. The summed E-state index contributed by atoms with van der Waals surface area (Å²) in [5.74, 6) is 0. The number of aromatic nitrogens is 3. The number of nitrogens with one attached hydrogen (secondary N) is 1. The van der Waals surface area contributed by atoms with Crippen LogP contribution in [0, 0.1) is 0 Å². The molecule has 0 bridgehead atoms. The van der Waals surface area contributed by atoms with Crippen LogP contribution < -0.4 is 4.72 Å². The van der Waals surface area contributed by atoms with Crippen LogP contribution in [0.3, 0.4) is 0 Å². The van der Waals surface area contributed by atoms with E-state index in [1.165, 1.54) is 22.6 Å². The van der Waals surface area contributed by atoms with Crippen LogP contribution in [0.5, 0.6) is 0 Å². The quantitative estimate of drug-likeness (QED) is 0.767. The summed E-state index contributed by atoms with van der Waals surface area (Å²) < 4.78 is 28.9. The van der Waals surface area contributed by atoms with Crippen LogP contribution in [0.25, 0.3) is 5.69 Å². The Labute approximate surface area is 133 Å². The predicted octanol–water partition coefficient (Wildman–Crippen LogP) is 0.658. The van der Waals surface area contributed by atoms with Crippen LogP contribution >= 0.6 is 11.8 Å². The first-order chi connectivity index (χ1) is 10.5. The Morgan fingerprint density at radius 2 is 2.05 bits per heavy atom. The molecule has 2 rings (SSSR count). The lowest BCUT2D eigenvalue weighted by Crippen LogP contribution is -2.41. The van der Waals surface area contributed by atoms with E-state index in [1.807, 2.05) is 12.3 Å². The van der Waals surface area contributed by atoms with Gasteiger partial charge < -0.3 is 5.11 Å². The summed E-state index contributed by atoms with van der Waals surface area (Å²) in [6.07, 6.45) is 3.02. The largest absolute Gasteiger partial charge is 0.395 e. The number of sulfonamides is 1. The van der Waals surface area contributed by atoms with Crippen molar-refractivity contribution in [3.8, 4) is 5.69 Å². The fourth-order valence-corrected chi connectivity index (χ4v) is 4.02. The van der Waals surface area contributed by atoms with Crippen molar-refractivity contribution in [2.45, 2.75) is 23.2 Å². The van der Waals surface area contributed by atoms with E-state index in [1.54, 1.807) is 31.2 Å². The van der Waals surface area contributed by atoms with Crippen LogP contribution in [0.1, 0.15) is 6.92 Å². The van der Waals surface area contributed by atoms with Gasteiger partial charge in [0, 0.05) is 11.3 Å². The maximum absolute atomic E-state index is 12.5. The normalized spacial score (nSPS) is 14.7. The van der Waals surface area contributed by atoms with Gasteiger partial charge in [-0.2, -0.15) is 11.8 Å². The van der Waals surface area contributed by atoms with E-state index in [2.05, 4.69) is 15.0 Å². The molecule has 0 radical (unpaired) electrons. The molecular formula is C13H18N4O3S2. The number of hydrogen-bond donors (Lipinski definition) is 2. The van der Waals surface area contributed by atoms with Crippen molar-refractivity contribution in [2.24, 2.45) is 0 Å². The van der Waals surface area contributed by atoms with Gasteiger partial charge in [-0.25, -0.2) is 17.8 Å². The van der Waals surface area contributed by atoms with Crippen molar-refractivity contribution in [3.63, 3.8) is 0 Å². The van der Waals surface area contributed by atoms with Crippen molar-refractivity contribution in [3.05, 3.63) is 36.5 Å². The molecule has 7 nitrogen and oxygen atoms in total. The van der Waals surface area contributed by atoms with Gasteiger partial charge in [-0.15, -0.1) is 5.10 Å². The molecule has 0 aliphatic carbocycles. The number of benzene rings is 1. The molecule has 2 aromatic rings. The molecule has 0 amide bonds. The Morgan fingerprint density at radius 3 is 2.64 bits per heavy atom. The first-order valence-electron chi connectivity index (χ1n) is 6.61. The van der Waals surface area contributed by atoms with Gasteiger partial charge in [-0.05, 0) is 25.3 Å². The highest BCUT2D eigenvalue weighted by Crippen LogP contribution is 2.16. The lowest BCUT2D eigenvalue weighted by Gasteiger charge is -2.21. The lowest BCUT2D eigenvalue weighted by atomic mass is 10.3. The van der Waals surface area contributed by atoms with Crippen LogP contribution in [0.2, 0.25) is 0 Å². The summed E-state index contributed by atoms with van der Waals surface area (Å²) in [7, 11) is -3.80. The second-order valence-corrected chi connectivity index (χ2v) is 7.42. The molecule has 22 heavy (non-hydrogen) atoms. The maximum Gasteiger partial charge on any atom is 0.260 e. The molecule has 1 aromatic carbocycles. The molecule has 120 valence electrons.